The summed E-state index contributed by atoms with van der Waals surface area (Å²) in [6.07, 6.45) is 6.76. The van der Waals surface area contributed by atoms with Crippen molar-refractivity contribution >= 4 is 12.1 Å². The third kappa shape index (κ3) is 3.87. The van der Waals surface area contributed by atoms with Crippen LogP contribution in [-0.2, 0) is 10.3 Å². The molecule has 4 fully saturated rings. The predicted molar refractivity (Wildman–Crippen MR) is 114 cm³/mol. The number of methoxy groups -OCH3 is 1. The fraction of sp³-hybridized carbons (Fsp3) is 0.440. The number of ether oxygens (including phenoxy) is 2. The van der Waals surface area contributed by atoms with Crippen LogP contribution >= 0.6 is 0 Å². The van der Waals surface area contributed by atoms with Gasteiger partial charge in [0.25, 0.3) is 0 Å². The van der Waals surface area contributed by atoms with Gasteiger partial charge in [0.05, 0.1) is 12.7 Å². The lowest BCUT2D eigenvalue weighted by Gasteiger charge is -2.57. The van der Waals surface area contributed by atoms with Gasteiger partial charge in [-0.25, -0.2) is 9.59 Å². The molecule has 0 aromatic heterocycles. The van der Waals surface area contributed by atoms with E-state index < -0.39 is 12.1 Å². The third-order valence-electron chi connectivity index (χ3n) is 7.23. The number of rotatable bonds is 4. The number of hydrogen-bond donors (Lipinski definition) is 1. The Morgan fingerprint density at radius 2 is 1.58 bits per heavy atom. The molecule has 0 spiro atoms. The summed E-state index contributed by atoms with van der Waals surface area (Å²) in [5.41, 5.74) is 3.66. The Labute approximate surface area is 181 Å². The van der Waals surface area contributed by atoms with Crippen molar-refractivity contribution in [3.05, 3.63) is 59.7 Å². The van der Waals surface area contributed by atoms with Gasteiger partial charge in [-0.2, -0.15) is 0 Å². The van der Waals surface area contributed by atoms with Crippen LogP contribution in [0.15, 0.2) is 48.5 Å². The van der Waals surface area contributed by atoms with E-state index in [2.05, 4.69) is 5.48 Å². The normalized spacial score (nSPS) is 28.1. The highest BCUT2D eigenvalue weighted by Gasteiger charge is 2.52. The summed E-state index contributed by atoms with van der Waals surface area (Å²) in [4.78, 5) is 29.1. The molecule has 0 aliphatic heterocycles. The molecule has 2 aromatic carbocycles. The smallest absolute Gasteiger partial charge is 0.446 e. The molecule has 0 radical (unpaired) electrons. The van der Waals surface area contributed by atoms with Crippen LogP contribution in [0.5, 0.6) is 11.5 Å². The third-order valence-corrected chi connectivity index (χ3v) is 7.23. The Bertz CT molecular complexity index is 951. The summed E-state index contributed by atoms with van der Waals surface area (Å²) in [6, 6.07) is 14.0. The summed E-state index contributed by atoms with van der Waals surface area (Å²) >= 11 is 0. The molecule has 31 heavy (non-hydrogen) atoms. The van der Waals surface area contributed by atoms with Crippen LogP contribution in [0.4, 0.5) is 4.79 Å². The number of nitrogens with one attached hydrogen (secondary N) is 1. The van der Waals surface area contributed by atoms with Crippen molar-refractivity contribution in [3.8, 4) is 11.5 Å². The zero-order valence-corrected chi connectivity index (χ0v) is 17.6. The second kappa shape index (κ2) is 7.91. The molecule has 0 saturated heterocycles. The van der Waals surface area contributed by atoms with E-state index in [1.54, 1.807) is 43.5 Å². The Morgan fingerprint density at radius 1 is 0.935 bits per heavy atom. The Hall–Kier alpha value is -3.02. The topological polar surface area (TPSA) is 73.9 Å². The van der Waals surface area contributed by atoms with Crippen LogP contribution in [0, 0.1) is 17.8 Å². The fourth-order valence-corrected chi connectivity index (χ4v) is 6.45. The van der Waals surface area contributed by atoms with Gasteiger partial charge in [0.2, 0.25) is 0 Å². The van der Waals surface area contributed by atoms with E-state index in [-0.39, 0.29) is 5.41 Å². The van der Waals surface area contributed by atoms with Crippen molar-refractivity contribution in [2.45, 2.75) is 43.9 Å². The molecule has 6 rings (SSSR count). The molecule has 0 heterocycles. The molecule has 6 heteroatoms. The van der Waals surface area contributed by atoms with E-state index in [9.17, 15) is 9.59 Å². The fourth-order valence-electron chi connectivity index (χ4n) is 6.45. The molecule has 4 bridgehead atoms. The Kier molecular flexibility index (Phi) is 5.08. The van der Waals surface area contributed by atoms with Crippen molar-refractivity contribution < 1.29 is 23.9 Å². The number of amides is 1. The van der Waals surface area contributed by atoms with Gasteiger partial charge in [-0.1, -0.05) is 18.2 Å². The van der Waals surface area contributed by atoms with E-state index in [1.807, 2.05) is 12.1 Å². The van der Waals surface area contributed by atoms with Crippen LogP contribution in [0.3, 0.4) is 0 Å². The lowest BCUT2D eigenvalue weighted by Crippen LogP contribution is -2.48. The van der Waals surface area contributed by atoms with Crippen molar-refractivity contribution in [3.63, 3.8) is 0 Å². The molecule has 4 aliphatic rings. The number of carbonyl (C=O) groups is 2. The van der Waals surface area contributed by atoms with Crippen molar-refractivity contribution in [1.29, 1.82) is 0 Å². The summed E-state index contributed by atoms with van der Waals surface area (Å²) in [7, 11) is 1.69. The molecule has 6 nitrogen and oxygen atoms in total. The first kappa shape index (κ1) is 19.9. The molecule has 0 atom stereocenters. The van der Waals surface area contributed by atoms with Crippen LogP contribution < -0.4 is 15.0 Å². The van der Waals surface area contributed by atoms with E-state index in [4.69, 9.17) is 14.3 Å². The van der Waals surface area contributed by atoms with Gasteiger partial charge in [-0.3, -0.25) is 0 Å². The first-order valence-corrected chi connectivity index (χ1v) is 11.0. The molecule has 1 amide bonds. The Balaban J connectivity index is 1.30. The average Bonchev–Trinajstić information content (AvgIpc) is 2.77. The van der Waals surface area contributed by atoms with Crippen molar-refractivity contribution in [2.24, 2.45) is 17.8 Å². The minimum Gasteiger partial charge on any atom is -0.496 e. The van der Waals surface area contributed by atoms with Crippen LogP contribution in [0.1, 0.15) is 54.4 Å². The molecular formula is C25H27NO5. The summed E-state index contributed by atoms with van der Waals surface area (Å²) in [5, 5.41) is 0. The molecular weight excluding hydrogens is 394 g/mol. The first-order valence-electron chi connectivity index (χ1n) is 11.0. The SMILES string of the molecule is COc1ccc(OC(=O)NOC(=O)c2ccccc2)cc1C12CC3CC(CC(C3)C1)C2. The highest BCUT2D eigenvalue weighted by atomic mass is 16.7. The second-order valence-electron chi connectivity index (χ2n) is 9.31. The van der Waals surface area contributed by atoms with E-state index in [0.29, 0.717) is 11.3 Å². The van der Waals surface area contributed by atoms with Crippen LogP contribution in [0.25, 0.3) is 0 Å². The van der Waals surface area contributed by atoms with E-state index >= 15 is 0 Å². The zero-order chi connectivity index (χ0) is 21.4. The zero-order valence-electron chi connectivity index (χ0n) is 17.6. The molecule has 4 aliphatic carbocycles. The van der Waals surface area contributed by atoms with Gasteiger partial charge in [0.15, 0.2) is 0 Å². The van der Waals surface area contributed by atoms with Crippen LogP contribution in [-0.4, -0.2) is 19.2 Å². The highest BCUT2D eigenvalue weighted by molar-refractivity contribution is 5.90. The lowest BCUT2D eigenvalue weighted by molar-refractivity contribution is -0.00625. The minimum absolute atomic E-state index is 0.107. The van der Waals surface area contributed by atoms with Gasteiger partial charge in [-0.15, -0.1) is 5.48 Å². The number of carbonyl (C=O) groups excluding carboxylic acids is 2. The average molecular weight is 421 g/mol. The quantitative estimate of drug-likeness (QED) is 0.702. The van der Waals surface area contributed by atoms with Crippen molar-refractivity contribution in [1.82, 2.24) is 5.48 Å². The predicted octanol–water partition coefficient (Wildman–Crippen LogP) is 5.02. The van der Waals surface area contributed by atoms with Crippen LogP contribution in [0.2, 0.25) is 0 Å². The minimum atomic E-state index is -0.842. The van der Waals surface area contributed by atoms with E-state index in [0.717, 1.165) is 29.1 Å². The molecule has 0 unspecified atom stereocenters. The second-order valence-corrected chi connectivity index (χ2v) is 9.31. The van der Waals surface area contributed by atoms with Gasteiger partial charge in [0.1, 0.15) is 11.5 Å². The molecule has 2 aromatic rings. The maximum atomic E-state index is 12.2. The van der Waals surface area contributed by atoms with Crippen molar-refractivity contribution in [2.75, 3.05) is 7.11 Å². The number of benzene rings is 2. The number of hydroxylamine groups is 1. The van der Waals surface area contributed by atoms with E-state index in [1.165, 1.54) is 38.5 Å². The monoisotopic (exact) mass is 421 g/mol. The molecule has 1 N–H and O–H groups in total. The molecule has 162 valence electrons. The van der Waals surface area contributed by atoms with Gasteiger partial charge in [-0.05, 0) is 92.0 Å². The maximum absolute atomic E-state index is 12.2. The largest absolute Gasteiger partial charge is 0.496 e. The van der Waals surface area contributed by atoms with Gasteiger partial charge < -0.3 is 14.3 Å². The van der Waals surface area contributed by atoms with Gasteiger partial charge in [0, 0.05) is 5.56 Å². The highest BCUT2D eigenvalue weighted by Crippen LogP contribution is 2.62. The first-order chi connectivity index (χ1) is 15.0. The maximum Gasteiger partial charge on any atom is 0.446 e. The molecule has 4 saturated carbocycles. The summed E-state index contributed by atoms with van der Waals surface area (Å²) in [5.74, 6) is 3.00. The summed E-state index contributed by atoms with van der Waals surface area (Å²) < 4.78 is 11.1. The number of hydrogen-bond acceptors (Lipinski definition) is 5. The lowest BCUT2D eigenvalue weighted by atomic mass is 9.48. The summed E-state index contributed by atoms with van der Waals surface area (Å²) in [6.45, 7) is 0. The van der Waals surface area contributed by atoms with Gasteiger partial charge >= 0.3 is 12.1 Å². The Morgan fingerprint density at radius 3 is 2.19 bits per heavy atom. The standard InChI is InChI=1S/C25H27NO5/c1-29-22-8-7-20(30-24(28)26-31-23(27)19-5-3-2-4-6-19)12-21(22)25-13-16-9-17(14-25)11-18(10-16)15-25/h2-8,12,16-18H,9-11,13-15H2,1H3,(H,26,28).